The minimum absolute atomic E-state index is 0.0691. The quantitative estimate of drug-likeness (QED) is 0.794. The number of nitrogens with one attached hydrogen (secondary N) is 1. The molecule has 0 saturated carbocycles. The number of rotatable bonds is 3. The van der Waals surface area contributed by atoms with Gasteiger partial charge in [-0.2, -0.15) is 0 Å². The van der Waals surface area contributed by atoms with Crippen LogP contribution in [0.25, 0.3) is 0 Å². The van der Waals surface area contributed by atoms with Crippen molar-refractivity contribution in [1.82, 2.24) is 4.98 Å². The first kappa shape index (κ1) is 9.85. The van der Waals surface area contributed by atoms with Crippen molar-refractivity contribution in [2.45, 2.75) is 20.3 Å². The molecule has 1 heterocycles. The lowest BCUT2D eigenvalue weighted by Gasteiger charge is -1.93. The molecule has 1 N–H and O–H groups in total. The standard InChI is InChI=1S/C8H10N2O2S/c1-5(11)3-7-4-13-8(10-7)9-6(2)12/h4H,3H2,1-2H3,(H,9,10,12). The summed E-state index contributed by atoms with van der Waals surface area (Å²) in [6.45, 7) is 2.93. The lowest BCUT2D eigenvalue weighted by atomic mass is 10.3. The van der Waals surface area contributed by atoms with E-state index < -0.39 is 0 Å². The molecule has 1 aromatic heterocycles. The molecule has 0 fully saturated rings. The number of carbonyl (C=O) groups is 2. The summed E-state index contributed by atoms with van der Waals surface area (Å²) in [6, 6.07) is 0. The van der Waals surface area contributed by atoms with Crippen LogP contribution >= 0.6 is 11.3 Å². The Morgan fingerprint density at radius 2 is 2.23 bits per heavy atom. The summed E-state index contributed by atoms with van der Waals surface area (Å²) in [5.74, 6) is -0.0802. The zero-order chi connectivity index (χ0) is 9.84. The van der Waals surface area contributed by atoms with E-state index in [1.165, 1.54) is 25.2 Å². The molecule has 0 aliphatic carbocycles. The van der Waals surface area contributed by atoms with E-state index in [4.69, 9.17) is 0 Å². The SMILES string of the molecule is CC(=O)Cc1csc(NC(C)=O)n1. The Labute approximate surface area is 80.0 Å². The van der Waals surface area contributed by atoms with E-state index in [0.717, 1.165) is 0 Å². The van der Waals surface area contributed by atoms with E-state index in [9.17, 15) is 9.59 Å². The van der Waals surface area contributed by atoms with E-state index in [-0.39, 0.29) is 11.7 Å². The van der Waals surface area contributed by atoms with Crippen LogP contribution in [0, 0.1) is 0 Å². The summed E-state index contributed by atoms with van der Waals surface area (Å²) in [5.41, 5.74) is 0.709. The van der Waals surface area contributed by atoms with Gasteiger partial charge in [0.05, 0.1) is 5.69 Å². The average Bonchev–Trinajstić information content (AvgIpc) is 2.33. The molecule has 70 valence electrons. The largest absolute Gasteiger partial charge is 0.302 e. The Balaban J connectivity index is 2.63. The third kappa shape index (κ3) is 3.33. The fourth-order valence-corrected chi connectivity index (χ4v) is 1.61. The number of anilines is 1. The van der Waals surface area contributed by atoms with E-state index in [0.29, 0.717) is 17.2 Å². The summed E-state index contributed by atoms with van der Waals surface area (Å²) in [5, 5.41) is 4.87. The zero-order valence-electron chi connectivity index (χ0n) is 7.46. The highest BCUT2D eigenvalue weighted by atomic mass is 32.1. The molecule has 0 aliphatic rings. The number of carbonyl (C=O) groups excluding carboxylic acids is 2. The van der Waals surface area contributed by atoms with Gasteiger partial charge in [0.25, 0.3) is 0 Å². The fourth-order valence-electron chi connectivity index (χ4n) is 0.851. The molecule has 0 aliphatic heterocycles. The normalized spacial score (nSPS) is 9.69. The Kier molecular flexibility index (Phi) is 3.13. The summed E-state index contributed by atoms with van der Waals surface area (Å²) in [4.78, 5) is 25.4. The molecule has 0 spiro atoms. The second kappa shape index (κ2) is 4.13. The Hall–Kier alpha value is -1.23. The Bertz CT molecular complexity index is 302. The molecule has 1 amide bonds. The first-order valence-electron chi connectivity index (χ1n) is 3.79. The lowest BCUT2D eigenvalue weighted by Crippen LogP contribution is -2.05. The predicted molar refractivity (Wildman–Crippen MR) is 50.8 cm³/mol. The topological polar surface area (TPSA) is 59.1 Å². The van der Waals surface area contributed by atoms with Crippen molar-refractivity contribution in [1.29, 1.82) is 0 Å². The van der Waals surface area contributed by atoms with Crippen molar-refractivity contribution < 1.29 is 9.59 Å². The molecular weight excluding hydrogens is 188 g/mol. The van der Waals surface area contributed by atoms with Gasteiger partial charge in [0.1, 0.15) is 5.78 Å². The number of amides is 1. The molecule has 13 heavy (non-hydrogen) atoms. The van der Waals surface area contributed by atoms with Crippen molar-refractivity contribution in [2.75, 3.05) is 5.32 Å². The van der Waals surface area contributed by atoms with Gasteiger partial charge in [0.2, 0.25) is 5.91 Å². The number of nitrogens with zero attached hydrogens (tertiary/aromatic N) is 1. The molecular formula is C8H10N2O2S. The number of hydrogen-bond donors (Lipinski definition) is 1. The third-order valence-electron chi connectivity index (χ3n) is 1.26. The second-order valence-corrected chi connectivity index (χ2v) is 3.56. The molecule has 0 atom stereocenters. The smallest absolute Gasteiger partial charge is 0.223 e. The second-order valence-electron chi connectivity index (χ2n) is 2.70. The van der Waals surface area contributed by atoms with Crippen LogP contribution in [-0.2, 0) is 16.0 Å². The zero-order valence-corrected chi connectivity index (χ0v) is 8.27. The highest BCUT2D eigenvalue weighted by Gasteiger charge is 2.04. The van der Waals surface area contributed by atoms with Gasteiger partial charge in [0, 0.05) is 18.7 Å². The van der Waals surface area contributed by atoms with Crippen molar-refractivity contribution >= 4 is 28.2 Å². The van der Waals surface area contributed by atoms with Crippen LogP contribution in [0.15, 0.2) is 5.38 Å². The third-order valence-corrected chi connectivity index (χ3v) is 2.07. The van der Waals surface area contributed by atoms with Crippen LogP contribution in [0.4, 0.5) is 5.13 Å². The monoisotopic (exact) mass is 198 g/mol. The maximum atomic E-state index is 10.7. The van der Waals surface area contributed by atoms with Crippen LogP contribution in [-0.4, -0.2) is 16.7 Å². The number of hydrogen-bond acceptors (Lipinski definition) is 4. The van der Waals surface area contributed by atoms with Crippen molar-refractivity contribution in [3.63, 3.8) is 0 Å². The molecule has 0 saturated heterocycles. The van der Waals surface area contributed by atoms with Gasteiger partial charge in [-0.25, -0.2) is 4.98 Å². The van der Waals surface area contributed by atoms with Gasteiger partial charge in [-0.3, -0.25) is 9.59 Å². The highest BCUT2D eigenvalue weighted by Crippen LogP contribution is 2.15. The molecule has 1 rings (SSSR count). The number of Topliss-reactive ketones (excluding diaryl/α,β-unsaturated/α-hetero) is 1. The van der Waals surface area contributed by atoms with Crippen LogP contribution in [0.5, 0.6) is 0 Å². The average molecular weight is 198 g/mol. The molecule has 0 aromatic carbocycles. The van der Waals surface area contributed by atoms with Gasteiger partial charge >= 0.3 is 0 Å². The number of aromatic nitrogens is 1. The first-order valence-corrected chi connectivity index (χ1v) is 4.67. The number of thiazole rings is 1. The first-order chi connectivity index (χ1) is 6.08. The predicted octanol–water partition coefficient (Wildman–Crippen LogP) is 1.23. The fraction of sp³-hybridized carbons (Fsp3) is 0.375. The molecule has 4 nitrogen and oxygen atoms in total. The van der Waals surface area contributed by atoms with Crippen LogP contribution in [0.3, 0.4) is 0 Å². The van der Waals surface area contributed by atoms with Crippen LogP contribution < -0.4 is 5.32 Å². The molecule has 0 bridgehead atoms. The summed E-state index contributed by atoms with van der Waals surface area (Å²) >= 11 is 1.32. The minimum Gasteiger partial charge on any atom is -0.302 e. The maximum Gasteiger partial charge on any atom is 0.223 e. The maximum absolute atomic E-state index is 10.7. The summed E-state index contributed by atoms with van der Waals surface area (Å²) in [7, 11) is 0. The van der Waals surface area contributed by atoms with Gasteiger partial charge in [0.15, 0.2) is 5.13 Å². The summed E-state index contributed by atoms with van der Waals surface area (Å²) < 4.78 is 0. The van der Waals surface area contributed by atoms with E-state index in [1.807, 2.05) is 0 Å². The molecule has 5 heteroatoms. The van der Waals surface area contributed by atoms with Crippen molar-refractivity contribution in [3.8, 4) is 0 Å². The van der Waals surface area contributed by atoms with E-state index in [1.54, 1.807) is 5.38 Å². The van der Waals surface area contributed by atoms with Gasteiger partial charge in [-0.05, 0) is 6.92 Å². The van der Waals surface area contributed by atoms with E-state index >= 15 is 0 Å². The van der Waals surface area contributed by atoms with Crippen LogP contribution in [0.1, 0.15) is 19.5 Å². The molecule has 0 unspecified atom stereocenters. The van der Waals surface area contributed by atoms with Gasteiger partial charge in [-0.1, -0.05) is 0 Å². The molecule has 1 aromatic rings. The Morgan fingerprint density at radius 1 is 1.54 bits per heavy atom. The highest BCUT2D eigenvalue weighted by molar-refractivity contribution is 7.13. The van der Waals surface area contributed by atoms with Gasteiger partial charge < -0.3 is 5.32 Å². The van der Waals surface area contributed by atoms with Gasteiger partial charge in [-0.15, -0.1) is 11.3 Å². The van der Waals surface area contributed by atoms with Crippen LogP contribution in [0.2, 0.25) is 0 Å². The van der Waals surface area contributed by atoms with E-state index in [2.05, 4.69) is 10.3 Å². The lowest BCUT2D eigenvalue weighted by molar-refractivity contribution is -0.116. The minimum atomic E-state index is -0.149. The van der Waals surface area contributed by atoms with Crippen molar-refractivity contribution in [3.05, 3.63) is 11.1 Å². The Morgan fingerprint density at radius 3 is 2.77 bits per heavy atom. The van der Waals surface area contributed by atoms with Crippen molar-refractivity contribution in [2.24, 2.45) is 0 Å². The number of ketones is 1. The summed E-state index contributed by atoms with van der Waals surface area (Å²) in [6.07, 6.45) is 0.329. The molecule has 0 radical (unpaired) electrons.